The van der Waals surface area contributed by atoms with Gasteiger partial charge in [0.2, 0.25) is 0 Å². The van der Waals surface area contributed by atoms with Crippen LogP contribution in [0, 0.1) is 0 Å². The molecule has 2 rings (SSSR count). The molecule has 2 unspecified atom stereocenters. The molecule has 144 valence electrons. The molecule has 1 aromatic heterocycles. The first-order valence-electron chi connectivity index (χ1n) is 8.41. The van der Waals surface area contributed by atoms with Gasteiger partial charge < -0.3 is 20.1 Å². The van der Waals surface area contributed by atoms with Crippen molar-refractivity contribution in [1.29, 1.82) is 0 Å². The van der Waals surface area contributed by atoms with Crippen LogP contribution in [0.3, 0.4) is 0 Å². The average molecular weight is 489 g/mol. The van der Waals surface area contributed by atoms with Crippen molar-refractivity contribution >= 4 is 41.3 Å². The van der Waals surface area contributed by atoms with Crippen molar-refractivity contribution in [3.05, 3.63) is 46.7 Å². The molecular weight excluding hydrogens is 461 g/mol. The van der Waals surface area contributed by atoms with Crippen molar-refractivity contribution in [1.82, 2.24) is 10.6 Å². The maximum atomic E-state index is 5.91. The number of nitrogens with zero attached hydrogens (tertiary/aromatic N) is 1. The first-order chi connectivity index (χ1) is 12.1. The fraction of sp³-hybridized carbons (Fsp3) is 0.421. The molecule has 0 aliphatic heterocycles. The lowest BCUT2D eigenvalue weighted by Crippen LogP contribution is -2.42. The Labute approximate surface area is 177 Å². The molecule has 7 heteroatoms. The van der Waals surface area contributed by atoms with Crippen LogP contribution in [0.25, 0.3) is 0 Å². The van der Waals surface area contributed by atoms with E-state index in [4.69, 9.17) is 9.47 Å². The molecule has 0 spiro atoms. The Bertz CT molecular complexity index is 665. The minimum atomic E-state index is 0. The summed E-state index contributed by atoms with van der Waals surface area (Å²) >= 11 is 1.78. The van der Waals surface area contributed by atoms with Crippen molar-refractivity contribution in [2.45, 2.75) is 25.9 Å². The van der Waals surface area contributed by atoms with Gasteiger partial charge in [0.1, 0.15) is 17.6 Å². The first kappa shape index (κ1) is 22.6. The number of ether oxygens (including phenoxy) is 2. The van der Waals surface area contributed by atoms with Crippen LogP contribution in [-0.4, -0.2) is 39.3 Å². The van der Waals surface area contributed by atoms with Crippen LogP contribution in [0.15, 0.2) is 46.8 Å². The van der Waals surface area contributed by atoms with Gasteiger partial charge in [-0.25, -0.2) is 0 Å². The van der Waals surface area contributed by atoms with E-state index in [1.165, 1.54) is 4.88 Å². The number of hydrogen-bond donors (Lipinski definition) is 2. The second-order valence-corrected chi connectivity index (χ2v) is 6.84. The van der Waals surface area contributed by atoms with Gasteiger partial charge in [-0.15, -0.1) is 35.3 Å². The topological polar surface area (TPSA) is 54.9 Å². The van der Waals surface area contributed by atoms with Crippen LogP contribution in [0.4, 0.5) is 0 Å². The van der Waals surface area contributed by atoms with E-state index in [1.54, 1.807) is 25.5 Å². The maximum absolute atomic E-state index is 5.91. The van der Waals surface area contributed by atoms with E-state index < -0.39 is 0 Å². The second-order valence-electron chi connectivity index (χ2n) is 5.86. The molecule has 1 heterocycles. The molecule has 1 aromatic carbocycles. The predicted molar refractivity (Wildman–Crippen MR) is 121 cm³/mol. The van der Waals surface area contributed by atoms with E-state index in [1.807, 2.05) is 31.2 Å². The highest BCUT2D eigenvalue weighted by molar-refractivity contribution is 14.0. The lowest BCUT2D eigenvalue weighted by Gasteiger charge is -2.19. The van der Waals surface area contributed by atoms with Gasteiger partial charge in [0.25, 0.3) is 0 Å². The number of rotatable bonds is 8. The lowest BCUT2D eigenvalue weighted by molar-refractivity contribution is 0.223. The number of methoxy groups -OCH3 is 1. The van der Waals surface area contributed by atoms with Gasteiger partial charge in [0.05, 0.1) is 13.7 Å². The molecular formula is C19H28IN3O2S. The molecule has 0 aliphatic rings. The van der Waals surface area contributed by atoms with Gasteiger partial charge in [0.15, 0.2) is 5.96 Å². The maximum Gasteiger partial charge on any atom is 0.191 e. The molecule has 26 heavy (non-hydrogen) atoms. The monoisotopic (exact) mass is 489 g/mol. The Kier molecular flexibility index (Phi) is 10.4. The van der Waals surface area contributed by atoms with E-state index in [2.05, 4.69) is 40.1 Å². The number of hydrogen-bond acceptors (Lipinski definition) is 4. The van der Waals surface area contributed by atoms with Gasteiger partial charge in [0, 0.05) is 30.5 Å². The quantitative estimate of drug-likeness (QED) is 0.333. The zero-order valence-corrected chi connectivity index (χ0v) is 18.8. The Morgan fingerprint density at radius 3 is 2.50 bits per heavy atom. The van der Waals surface area contributed by atoms with Crippen molar-refractivity contribution in [2.24, 2.45) is 4.99 Å². The van der Waals surface area contributed by atoms with E-state index in [0.29, 0.717) is 12.5 Å². The highest BCUT2D eigenvalue weighted by Crippen LogP contribution is 2.20. The largest absolute Gasteiger partial charge is 0.497 e. The fourth-order valence-electron chi connectivity index (χ4n) is 2.33. The average Bonchev–Trinajstić information content (AvgIpc) is 3.16. The van der Waals surface area contributed by atoms with E-state index in [9.17, 15) is 0 Å². The summed E-state index contributed by atoms with van der Waals surface area (Å²) in [6.07, 6.45) is 0.000348. The molecule has 2 atom stereocenters. The van der Waals surface area contributed by atoms with E-state index in [0.717, 1.165) is 24.0 Å². The Balaban J connectivity index is 0.00000338. The van der Waals surface area contributed by atoms with Crippen LogP contribution in [0.5, 0.6) is 11.5 Å². The van der Waals surface area contributed by atoms with Crippen molar-refractivity contribution in [2.75, 3.05) is 27.2 Å². The SMILES string of the molecule is CN=C(NCC(C)Oc1cccc(OC)c1)NCC(C)c1cccs1.I. The van der Waals surface area contributed by atoms with Crippen molar-refractivity contribution in [3.63, 3.8) is 0 Å². The molecule has 0 bridgehead atoms. The number of aliphatic imine (C=N–C) groups is 1. The molecule has 2 N–H and O–H groups in total. The van der Waals surface area contributed by atoms with Gasteiger partial charge in [-0.1, -0.05) is 19.1 Å². The third kappa shape index (κ3) is 7.41. The molecule has 0 saturated heterocycles. The third-order valence-corrected chi connectivity index (χ3v) is 4.87. The molecule has 2 aromatic rings. The van der Waals surface area contributed by atoms with Gasteiger partial charge in [-0.2, -0.15) is 0 Å². The summed E-state index contributed by atoms with van der Waals surface area (Å²) in [5.41, 5.74) is 0. The summed E-state index contributed by atoms with van der Waals surface area (Å²) in [7, 11) is 3.43. The molecule has 0 radical (unpaired) electrons. The van der Waals surface area contributed by atoms with Gasteiger partial charge in [-0.3, -0.25) is 4.99 Å². The Hall–Kier alpha value is -1.48. The first-order valence-corrected chi connectivity index (χ1v) is 9.29. The smallest absolute Gasteiger partial charge is 0.191 e. The van der Waals surface area contributed by atoms with Gasteiger partial charge >= 0.3 is 0 Å². The summed E-state index contributed by atoms with van der Waals surface area (Å²) in [6, 6.07) is 11.9. The fourth-order valence-corrected chi connectivity index (χ4v) is 3.12. The number of thiophene rings is 1. The normalized spacial score (nSPS) is 13.3. The summed E-state index contributed by atoms with van der Waals surface area (Å²) < 4.78 is 11.1. The highest BCUT2D eigenvalue weighted by Gasteiger charge is 2.09. The van der Waals surface area contributed by atoms with Crippen molar-refractivity contribution < 1.29 is 9.47 Å². The van der Waals surface area contributed by atoms with Crippen molar-refractivity contribution in [3.8, 4) is 11.5 Å². The molecule has 0 saturated carbocycles. The molecule has 0 aliphatic carbocycles. The summed E-state index contributed by atoms with van der Waals surface area (Å²) in [5.74, 6) is 2.81. The van der Waals surface area contributed by atoms with Crippen LogP contribution in [0.2, 0.25) is 0 Å². The third-order valence-electron chi connectivity index (χ3n) is 3.76. The predicted octanol–water partition coefficient (Wildman–Crippen LogP) is 4.11. The second kappa shape index (κ2) is 12.0. The van der Waals surface area contributed by atoms with Crippen LogP contribution in [0.1, 0.15) is 24.6 Å². The Morgan fingerprint density at radius 2 is 1.85 bits per heavy atom. The summed E-state index contributed by atoms with van der Waals surface area (Å²) in [4.78, 5) is 5.64. The number of benzene rings is 1. The zero-order chi connectivity index (χ0) is 18.1. The minimum absolute atomic E-state index is 0. The standard InChI is InChI=1S/C19H27N3O2S.HI/c1-14(18-9-6-10-25-18)12-21-19(20-3)22-13-15(2)24-17-8-5-7-16(11-17)23-4;/h5-11,14-15H,12-13H2,1-4H3,(H2,20,21,22);1H. The number of halogens is 1. The number of nitrogens with one attached hydrogen (secondary N) is 2. The van der Waals surface area contributed by atoms with Crippen LogP contribution < -0.4 is 20.1 Å². The summed E-state index contributed by atoms with van der Waals surface area (Å²) in [5, 5.41) is 8.78. The summed E-state index contributed by atoms with van der Waals surface area (Å²) in [6.45, 7) is 5.73. The molecule has 5 nitrogen and oxygen atoms in total. The highest BCUT2D eigenvalue weighted by atomic mass is 127. The zero-order valence-electron chi connectivity index (χ0n) is 15.7. The van der Waals surface area contributed by atoms with Gasteiger partial charge in [-0.05, 0) is 30.5 Å². The van der Waals surface area contributed by atoms with E-state index in [-0.39, 0.29) is 30.1 Å². The number of guanidine groups is 1. The van der Waals surface area contributed by atoms with E-state index >= 15 is 0 Å². The van der Waals surface area contributed by atoms with Crippen LogP contribution >= 0.6 is 35.3 Å². The molecule has 0 fully saturated rings. The molecule has 0 amide bonds. The minimum Gasteiger partial charge on any atom is -0.497 e. The lowest BCUT2D eigenvalue weighted by atomic mass is 10.1. The van der Waals surface area contributed by atoms with Crippen LogP contribution in [-0.2, 0) is 0 Å². The Morgan fingerprint density at radius 1 is 1.12 bits per heavy atom.